The van der Waals surface area contributed by atoms with Gasteiger partial charge in [-0.3, -0.25) is 4.79 Å². The number of hydrogen-bond acceptors (Lipinski definition) is 1. The first-order valence-electron chi connectivity index (χ1n) is 7.12. The molecule has 0 unspecified atom stereocenters. The highest BCUT2D eigenvalue weighted by Crippen LogP contribution is 2.19. The summed E-state index contributed by atoms with van der Waals surface area (Å²) in [5, 5.41) is 3.62. The maximum absolute atomic E-state index is 11.8. The number of benzene rings is 1. The second-order valence-corrected chi connectivity index (χ2v) is 6.16. The van der Waals surface area contributed by atoms with Gasteiger partial charge in [-0.05, 0) is 35.5 Å². The zero-order valence-corrected chi connectivity index (χ0v) is 13.4. The number of rotatable bonds is 6. The van der Waals surface area contributed by atoms with E-state index in [1.54, 1.807) is 12.2 Å². The van der Waals surface area contributed by atoms with Crippen LogP contribution in [0, 0.1) is 17.8 Å². The molecule has 0 atom stereocenters. The van der Waals surface area contributed by atoms with Gasteiger partial charge in [0.05, 0.1) is 0 Å². The summed E-state index contributed by atoms with van der Waals surface area (Å²) in [4.78, 5) is 11.8. The number of hydrogen-bond donors (Lipinski definition) is 1. The molecule has 3 heteroatoms. The van der Waals surface area contributed by atoms with Crippen LogP contribution in [0.25, 0.3) is 6.08 Å². The van der Waals surface area contributed by atoms with Crippen molar-refractivity contribution in [3.05, 3.63) is 40.9 Å². The van der Waals surface area contributed by atoms with Crippen LogP contribution in [-0.2, 0) is 4.79 Å². The molecule has 0 saturated heterocycles. The van der Waals surface area contributed by atoms with Gasteiger partial charge in [0.1, 0.15) is 0 Å². The van der Waals surface area contributed by atoms with Crippen LogP contribution in [0.15, 0.2) is 30.3 Å². The molecule has 0 aliphatic carbocycles. The van der Waals surface area contributed by atoms with Crippen molar-refractivity contribution < 1.29 is 4.79 Å². The average molecular weight is 294 g/mol. The van der Waals surface area contributed by atoms with E-state index < -0.39 is 0 Å². The molecule has 1 rings (SSSR count). The first kappa shape index (κ1) is 16.8. The van der Waals surface area contributed by atoms with E-state index in [1.807, 2.05) is 24.3 Å². The summed E-state index contributed by atoms with van der Waals surface area (Å²) in [6.45, 7) is 9.47. The number of nitrogens with one attached hydrogen (secondary N) is 1. The fourth-order valence-electron chi connectivity index (χ4n) is 2.29. The van der Waals surface area contributed by atoms with Crippen molar-refractivity contribution in [3.8, 4) is 0 Å². The van der Waals surface area contributed by atoms with Crippen molar-refractivity contribution in [1.29, 1.82) is 0 Å². The normalized spacial score (nSPS) is 11.8. The van der Waals surface area contributed by atoms with Crippen molar-refractivity contribution in [2.45, 2.75) is 27.7 Å². The summed E-state index contributed by atoms with van der Waals surface area (Å²) in [7, 11) is 0. The Labute approximate surface area is 127 Å². The Balaban J connectivity index is 2.54. The van der Waals surface area contributed by atoms with Gasteiger partial charge in [0.15, 0.2) is 0 Å². The van der Waals surface area contributed by atoms with Gasteiger partial charge in [-0.2, -0.15) is 0 Å². The van der Waals surface area contributed by atoms with Gasteiger partial charge in [-0.25, -0.2) is 0 Å². The minimum absolute atomic E-state index is 0.0729. The second kappa shape index (κ2) is 8.11. The average Bonchev–Trinajstić information content (AvgIpc) is 2.37. The topological polar surface area (TPSA) is 29.1 Å². The zero-order valence-electron chi connectivity index (χ0n) is 12.7. The van der Waals surface area contributed by atoms with Crippen LogP contribution >= 0.6 is 11.6 Å². The molecule has 0 aliphatic rings. The van der Waals surface area contributed by atoms with Crippen LogP contribution in [0.4, 0.5) is 0 Å². The van der Waals surface area contributed by atoms with Crippen LogP contribution < -0.4 is 5.32 Å². The number of halogens is 1. The molecule has 1 amide bonds. The lowest BCUT2D eigenvalue weighted by Gasteiger charge is -2.24. The lowest BCUT2D eigenvalue weighted by atomic mass is 9.85. The molecule has 110 valence electrons. The summed E-state index contributed by atoms with van der Waals surface area (Å²) in [6, 6.07) is 7.47. The van der Waals surface area contributed by atoms with Gasteiger partial charge in [0, 0.05) is 17.6 Å². The minimum Gasteiger partial charge on any atom is -0.352 e. The molecule has 0 heterocycles. The molecule has 0 bridgehead atoms. The summed E-state index contributed by atoms with van der Waals surface area (Å²) in [5.41, 5.74) is 0.855. The zero-order chi connectivity index (χ0) is 15.1. The fourth-order valence-corrected chi connectivity index (χ4v) is 2.49. The Morgan fingerprint density at radius 3 is 2.35 bits per heavy atom. The van der Waals surface area contributed by atoms with Gasteiger partial charge in [-0.15, -0.1) is 0 Å². The third kappa shape index (κ3) is 5.38. The molecular formula is C17H24ClNO. The molecule has 1 N–H and O–H groups in total. The maximum atomic E-state index is 11.8. The quantitative estimate of drug-likeness (QED) is 0.774. The highest BCUT2D eigenvalue weighted by molar-refractivity contribution is 6.32. The highest BCUT2D eigenvalue weighted by atomic mass is 35.5. The SMILES string of the molecule is CC(C)C(CNC(=O)/C=C/c1ccccc1Cl)C(C)C. The fraction of sp³-hybridized carbons (Fsp3) is 0.471. The Bertz CT molecular complexity index is 458. The van der Waals surface area contributed by atoms with Gasteiger partial charge in [-0.1, -0.05) is 57.5 Å². The van der Waals surface area contributed by atoms with E-state index in [9.17, 15) is 4.79 Å². The standard InChI is InChI=1S/C17H24ClNO/c1-12(2)15(13(3)4)11-19-17(20)10-9-14-7-5-6-8-16(14)18/h5-10,12-13,15H,11H2,1-4H3,(H,19,20)/b10-9+. The van der Waals surface area contributed by atoms with Crippen molar-refractivity contribution in [2.24, 2.45) is 17.8 Å². The molecule has 0 aromatic heterocycles. The lowest BCUT2D eigenvalue weighted by molar-refractivity contribution is -0.116. The first-order valence-corrected chi connectivity index (χ1v) is 7.50. The molecule has 0 fully saturated rings. The third-order valence-electron chi connectivity index (χ3n) is 3.54. The smallest absolute Gasteiger partial charge is 0.244 e. The largest absolute Gasteiger partial charge is 0.352 e. The molecule has 0 radical (unpaired) electrons. The van der Waals surface area contributed by atoms with E-state index in [0.717, 1.165) is 5.56 Å². The molecule has 1 aromatic carbocycles. The summed E-state index contributed by atoms with van der Waals surface area (Å²) in [6.07, 6.45) is 3.29. The first-order chi connectivity index (χ1) is 9.41. The number of carbonyl (C=O) groups excluding carboxylic acids is 1. The van der Waals surface area contributed by atoms with Crippen LogP contribution in [0.2, 0.25) is 5.02 Å². The summed E-state index contributed by atoms with van der Waals surface area (Å²) >= 11 is 6.04. The molecule has 0 spiro atoms. The third-order valence-corrected chi connectivity index (χ3v) is 3.89. The maximum Gasteiger partial charge on any atom is 0.244 e. The minimum atomic E-state index is -0.0729. The number of carbonyl (C=O) groups is 1. The van der Waals surface area contributed by atoms with E-state index in [-0.39, 0.29) is 5.91 Å². The Morgan fingerprint density at radius 2 is 1.80 bits per heavy atom. The van der Waals surface area contributed by atoms with Crippen molar-refractivity contribution in [3.63, 3.8) is 0 Å². The van der Waals surface area contributed by atoms with Crippen LogP contribution in [0.3, 0.4) is 0 Å². The molecule has 1 aromatic rings. The van der Waals surface area contributed by atoms with Crippen LogP contribution in [0.1, 0.15) is 33.3 Å². The van der Waals surface area contributed by atoms with E-state index in [4.69, 9.17) is 11.6 Å². The Hall–Kier alpha value is -1.28. The van der Waals surface area contributed by atoms with Gasteiger partial charge < -0.3 is 5.32 Å². The van der Waals surface area contributed by atoms with Crippen molar-refractivity contribution >= 4 is 23.6 Å². The molecular weight excluding hydrogens is 270 g/mol. The van der Waals surface area contributed by atoms with Gasteiger partial charge in [0.25, 0.3) is 0 Å². The van der Waals surface area contributed by atoms with Gasteiger partial charge >= 0.3 is 0 Å². The predicted molar refractivity (Wildman–Crippen MR) is 86.7 cm³/mol. The molecule has 20 heavy (non-hydrogen) atoms. The van der Waals surface area contributed by atoms with Crippen LogP contribution in [-0.4, -0.2) is 12.5 Å². The Morgan fingerprint density at radius 1 is 1.20 bits per heavy atom. The van der Waals surface area contributed by atoms with E-state index in [0.29, 0.717) is 29.3 Å². The Kier molecular flexibility index (Phi) is 6.80. The van der Waals surface area contributed by atoms with Crippen LogP contribution in [0.5, 0.6) is 0 Å². The van der Waals surface area contributed by atoms with Crippen molar-refractivity contribution in [2.75, 3.05) is 6.54 Å². The highest BCUT2D eigenvalue weighted by Gasteiger charge is 2.17. The molecule has 0 saturated carbocycles. The molecule has 0 aliphatic heterocycles. The lowest BCUT2D eigenvalue weighted by Crippen LogP contribution is -2.32. The van der Waals surface area contributed by atoms with Crippen molar-refractivity contribution in [1.82, 2.24) is 5.32 Å². The van der Waals surface area contributed by atoms with E-state index in [2.05, 4.69) is 33.0 Å². The summed E-state index contributed by atoms with van der Waals surface area (Å²) < 4.78 is 0. The second-order valence-electron chi connectivity index (χ2n) is 5.75. The number of amides is 1. The monoisotopic (exact) mass is 293 g/mol. The van der Waals surface area contributed by atoms with E-state index in [1.165, 1.54) is 0 Å². The summed E-state index contributed by atoms with van der Waals surface area (Å²) in [5.74, 6) is 1.54. The molecule has 2 nitrogen and oxygen atoms in total. The van der Waals surface area contributed by atoms with Gasteiger partial charge in [0.2, 0.25) is 5.91 Å². The predicted octanol–water partition coefficient (Wildman–Crippen LogP) is 4.40. The van der Waals surface area contributed by atoms with E-state index >= 15 is 0 Å².